The molecule has 1 nitrogen and oxygen atoms in total. The second-order valence-corrected chi connectivity index (χ2v) is 5.99. The predicted molar refractivity (Wildman–Crippen MR) is 87.7 cm³/mol. The van der Waals surface area contributed by atoms with E-state index in [1.54, 1.807) is 0 Å². The number of hydrogen-bond acceptors (Lipinski definition) is 1. The van der Waals surface area contributed by atoms with Crippen LogP contribution in [0.1, 0.15) is 35.6 Å². The molecule has 0 saturated heterocycles. The Balaban J connectivity index is 1.78. The topological polar surface area (TPSA) is 20.2 Å². The van der Waals surface area contributed by atoms with E-state index in [1.165, 1.54) is 22.3 Å². The third-order valence-electron chi connectivity index (χ3n) is 4.37. The summed E-state index contributed by atoms with van der Waals surface area (Å²) in [6, 6.07) is 14.8. The number of aryl methyl sites for hydroxylation is 3. The summed E-state index contributed by atoms with van der Waals surface area (Å²) in [5.41, 5.74) is 6.47. The Morgan fingerprint density at radius 1 is 0.952 bits per heavy atom. The van der Waals surface area contributed by atoms with Crippen LogP contribution >= 0.6 is 0 Å². The molecule has 3 rings (SSSR count). The minimum atomic E-state index is 0.474. The van der Waals surface area contributed by atoms with Crippen LogP contribution < -0.4 is 0 Å². The van der Waals surface area contributed by atoms with Gasteiger partial charge in [-0.25, -0.2) is 0 Å². The molecule has 2 aromatic rings. The van der Waals surface area contributed by atoms with Gasteiger partial charge in [-0.05, 0) is 61.8 Å². The minimum absolute atomic E-state index is 0.474. The summed E-state index contributed by atoms with van der Waals surface area (Å²) in [6.07, 6.45) is 7.27. The first-order chi connectivity index (χ1) is 10.2. The molecule has 0 aromatic heterocycles. The molecule has 2 aromatic carbocycles. The van der Waals surface area contributed by atoms with Crippen molar-refractivity contribution in [2.75, 3.05) is 0 Å². The average Bonchev–Trinajstić information content (AvgIpc) is 2.69. The zero-order chi connectivity index (χ0) is 14.7. The van der Waals surface area contributed by atoms with E-state index in [4.69, 9.17) is 0 Å². The van der Waals surface area contributed by atoms with Gasteiger partial charge < -0.3 is 5.11 Å². The van der Waals surface area contributed by atoms with Crippen LogP contribution in [0.25, 0.3) is 0 Å². The molecule has 0 fully saturated rings. The van der Waals surface area contributed by atoms with E-state index >= 15 is 0 Å². The fraction of sp³-hybridized carbons (Fsp3) is 0.300. The summed E-state index contributed by atoms with van der Waals surface area (Å²) in [7, 11) is 0. The van der Waals surface area contributed by atoms with Crippen molar-refractivity contribution in [1.82, 2.24) is 0 Å². The third-order valence-corrected chi connectivity index (χ3v) is 4.37. The third kappa shape index (κ3) is 3.36. The van der Waals surface area contributed by atoms with E-state index in [0.29, 0.717) is 5.75 Å². The van der Waals surface area contributed by atoms with E-state index in [-0.39, 0.29) is 0 Å². The normalized spacial score (nSPS) is 14.2. The lowest BCUT2D eigenvalue weighted by Gasteiger charge is -2.11. The van der Waals surface area contributed by atoms with Gasteiger partial charge in [0.25, 0.3) is 0 Å². The fourth-order valence-electron chi connectivity index (χ4n) is 3.03. The van der Waals surface area contributed by atoms with Crippen molar-refractivity contribution in [3.63, 3.8) is 0 Å². The molecule has 108 valence electrons. The van der Waals surface area contributed by atoms with Crippen molar-refractivity contribution in [1.29, 1.82) is 0 Å². The number of benzene rings is 2. The maximum Gasteiger partial charge on any atom is 0.119 e. The van der Waals surface area contributed by atoms with Gasteiger partial charge in [-0.2, -0.15) is 0 Å². The number of aromatic hydroxyl groups is 1. The first-order valence-corrected chi connectivity index (χ1v) is 7.75. The first-order valence-electron chi connectivity index (χ1n) is 7.75. The molecule has 1 aliphatic rings. The zero-order valence-electron chi connectivity index (χ0n) is 12.6. The smallest absolute Gasteiger partial charge is 0.119 e. The minimum Gasteiger partial charge on any atom is -0.508 e. The summed E-state index contributed by atoms with van der Waals surface area (Å²) >= 11 is 0. The monoisotopic (exact) mass is 278 g/mol. The van der Waals surface area contributed by atoms with Gasteiger partial charge in [0, 0.05) is 5.56 Å². The number of rotatable bonds is 3. The van der Waals surface area contributed by atoms with Gasteiger partial charge in [-0.3, -0.25) is 0 Å². The average molecular weight is 278 g/mol. The molecule has 1 N–H and O–H groups in total. The van der Waals surface area contributed by atoms with E-state index in [2.05, 4.69) is 43.3 Å². The van der Waals surface area contributed by atoms with Crippen LogP contribution in [0.5, 0.6) is 5.75 Å². The Labute approximate surface area is 127 Å². The van der Waals surface area contributed by atoms with Gasteiger partial charge in [0.05, 0.1) is 0 Å². The number of phenols is 1. The van der Waals surface area contributed by atoms with Crippen LogP contribution in [0, 0.1) is 0 Å². The Morgan fingerprint density at radius 2 is 1.71 bits per heavy atom. The van der Waals surface area contributed by atoms with Crippen LogP contribution in [0.15, 0.2) is 54.1 Å². The van der Waals surface area contributed by atoms with Crippen molar-refractivity contribution in [3.05, 3.63) is 76.4 Å². The molecule has 21 heavy (non-hydrogen) atoms. The summed E-state index contributed by atoms with van der Waals surface area (Å²) in [5.74, 6) is 0.474. The highest BCUT2D eigenvalue weighted by molar-refractivity contribution is 5.46. The quantitative estimate of drug-likeness (QED) is 0.813. The maximum absolute atomic E-state index is 10.3. The number of fused-ring (bicyclic) bond motifs is 1. The predicted octanol–water partition coefficient (Wildman–Crippen LogP) is 4.61. The van der Waals surface area contributed by atoms with Crippen molar-refractivity contribution in [3.8, 4) is 5.75 Å². The van der Waals surface area contributed by atoms with Crippen LogP contribution in [0.2, 0.25) is 0 Å². The van der Waals surface area contributed by atoms with Crippen molar-refractivity contribution in [2.24, 2.45) is 0 Å². The van der Waals surface area contributed by atoms with Gasteiger partial charge in [-0.1, -0.05) is 48.0 Å². The Morgan fingerprint density at radius 3 is 2.52 bits per heavy atom. The van der Waals surface area contributed by atoms with E-state index < -0.39 is 0 Å². The van der Waals surface area contributed by atoms with Crippen LogP contribution in [-0.2, 0) is 25.7 Å². The molecule has 1 heteroatoms. The highest BCUT2D eigenvalue weighted by atomic mass is 16.3. The van der Waals surface area contributed by atoms with Crippen LogP contribution in [-0.4, -0.2) is 5.11 Å². The second-order valence-electron chi connectivity index (χ2n) is 5.99. The standard InChI is InChI=1S/C20H22O/c1-15-7-11-18-13-17(14-20(21)19(18)12-8-15)10-9-16-5-3-2-4-6-16/h2-6,8,13-14,21H,7,9-12H2,1H3. The molecule has 0 bridgehead atoms. The van der Waals surface area contributed by atoms with E-state index in [9.17, 15) is 5.11 Å². The Bertz CT molecular complexity index is 653. The lowest BCUT2D eigenvalue weighted by atomic mass is 9.95. The summed E-state index contributed by atoms with van der Waals surface area (Å²) in [4.78, 5) is 0. The highest BCUT2D eigenvalue weighted by Gasteiger charge is 2.12. The molecule has 0 spiro atoms. The second kappa shape index (κ2) is 6.17. The lowest BCUT2D eigenvalue weighted by Crippen LogP contribution is -1.97. The lowest BCUT2D eigenvalue weighted by molar-refractivity contribution is 0.468. The first kappa shape index (κ1) is 13.9. The van der Waals surface area contributed by atoms with Gasteiger partial charge in [0.2, 0.25) is 0 Å². The summed E-state index contributed by atoms with van der Waals surface area (Å²) in [6.45, 7) is 2.18. The van der Waals surface area contributed by atoms with Gasteiger partial charge in [0.1, 0.15) is 5.75 Å². The fourth-order valence-corrected chi connectivity index (χ4v) is 3.03. The number of phenolic OH excluding ortho intramolecular Hbond substituents is 1. The SMILES string of the molecule is CC1=CCc2c(O)cc(CCc3ccccc3)cc2CC1. The van der Waals surface area contributed by atoms with E-state index in [0.717, 1.165) is 37.7 Å². The number of hydrogen-bond donors (Lipinski definition) is 1. The largest absolute Gasteiger partial charge is 0.508 e. The summed E-state index contributed by atoms with van der Waals surface area (Å²) in [5, 5.41) is 10.3. The molecule has 0 unspecified atom stereocenters. The highest BCUT2D eigenvalue weighted by Crippen LogP contribution is 2.29. The molecule has 0 saturated carbocycles. The van der Waals surface area contributed by atoms with Gasteiger partial charge >= 0.3 is 0 Å². The molecule has 0 amide bonds. The van der Waals surface area contributed by atoms with Crippen LogP contribution in [0.3, 0.4) is 0 Å². The zero-order valence-corrected chi connectivity index (χ0v) is 12.6. The maximum atomic E-state index is 10.3. The molecule has 0 heterocycles. The molecule has 0 aliphatic heterocycles. The Hall–Kier alpha value is -2.02. The summed E-state index contributed by atoms with van der Waals surface area (Å²) < 4.78 is 0. The molecular weight excluding hydrogens is 256 g/mol. The van der Waals surface area contributed by atoms with Crippen molar-refractivity contribution in [2.45, 2.75) is 39.0 Å². The molecule has 1 aliphatic carbocycles. The van der Waals surface area contributed by atoms with Gasteiger partial charge in [-0.15, -0.1) is 0 Å². The Kier molecular flexibility index (Phi) is 4.10. The molecule has 0 atom stereocenters. The van der Waals surface area contributed by atoms with Crippen molar-refractivity contribution >= 4 is 0 Å². The van der Waals surface area contributed by atoms with Crippen LogP contribution in [0.4, 0.5) is 0 Å². The van der Waals surface area contributed by atoms with E-state index in [1.807, 2.05) is 12.1 Å². The van der Waals surface area contributed by atoms with Crippen molar-refractivity contribution < 1.29 is 5.11 Å². The number of allylic oxidation sites excluding steroid dienone is 2. The molecular formula is C20H22O. The molecule has 0 radical (unpaired) electrons. The van der Waals surface area contributed by atoms with Gasteiger partial charge in [0.15, 0.2) is 0 Å².